The highest BCUT2D eigenvalue weighted by Gasteiger charge is 2.28. The molecule has 0 bridgehead atoms. The summed E-state index contributed by atoms with van der Waals surface area (Å²) in [6.07, 6.45) is 2.38. The first kappa shape index (κ1) is 14.5. The summed E-state index contributed by atoms with van der Waals surface area (Å²) in [5.74, 6) is 0.107. The number of piperidine rings is 1. The Bertz CT molecular complexity index is 245. The highest BCUT2D eigenvalue weighted by Crippen LogP contribution is 2.16. The van der Waals surface area contributed by atoms with Crippen LogP contribution in [-0.4, -0.2) is 50.1 Å². The monoisotopic (exact) mass is 241 g/mol. The standard InChI is InChI=1S/C13H27N3O/c1-5-16-8-6-11(7-9-16)15-10-13(2,3)12(17)14-4/h11,15H,5-10H2,1-4H3,(H,14,17). The normalized spacial score (nSPS) is 19.3. The predicted molar refractivity (Wildman–Crippen MR) is 71.0 cm³/mol. The number of carbonyl (C=O) groups is 1. The molecule has 0 aromatic rings. The summed E-state index contributed by atoms with van der Waals surface area (Å²) in [5.41, 5.74) is -0.323. The number of carbonyl (C=O) groups excluding carboxylic acids is 1. The van der Waals surface area contributed by atoms with Crippen molar-refractivity contribution in [2.45, 2.75) is 39.7 Å². The van der Waals surface area contributed by atoms with E-state index < -0.39 is 0 Å². The molecule has 4 nitrogen and oxygen atoms in total. The molecule has 1 heterocycles. The Morgan fingerprint density at radius 2 is 1.94 bits per heavy atom. The summed E-state index contributed by atoms with van der Waals surface area (Å²) >= 11 is 0. The van der Waals surface area contributed by atoms with E-state index in [9.17, 15) is 4.79 Å². The molecular weight excluding hydrogens is 214 g/mol. The van der Waals surface area contributed by atoms with E-state index in [-0.39, 0.29) is 11.3 Å². The highest BCUT2D eigenvalue weighted by atomic mass is 16.2. The summed E-state index contributed by atoms with van der Waals surface area (Å²) in [7, 11) is 1.70. The van der Waals surface area contributed by atoms with Gasteiger partial charge in [0.15, 0.2) is 0 Å². The van der Waals surface area contributed by atoms with Crippen molar-refractivity contribution in [2.24, 2.45) is 5.41 Å². The SMILES string of the molecule is CCN1CCC(NCC(C)(C)C(=O)NC)CC1. The summed E-state index contributed by atoms with van der Waals surface area (Å²) in [6, 6.07) is 0.571. The maximum absolute atomic E-state index is 11.6. The molecule has 1 amide bonds. The van der Waals surface area contributed by atoms with Gasteiger partial charge in [-0.3, -0.25) is 4.79 Å². The lowest BCUT2D eigenvalue weighted by molar-refractivity contribution is -0.128. The Balaban J connectivity index is 2.30. The van der Waals surface area contributed by atoms with Crippen molar-refractivity contribution in [3.8, 4) is 0 Å². The number of nitrogens with zero attached hydrogens (tertiary/aromatic N) is 1. The Kier molecular flexibility index (Phi) is 5.40. The van der Waals surface area contributed by atoms with Crippen molar-refractivity contribution in [1.82, 2.24) is 15.5 Å². The van der Waals surface area contributed by atoms with Crippen molar-refractivity contribution >= 4 is 5.91 Å². The quantitative estimate of drug-likeness (QED) is 0.749. The average molecular weight is 241 g/mol. The lowest BCUT2D eigenvalue weighted by Gasteiger charge is -2.33. The molecule has 0 unspecified atom stereocenters. The van der Waals surface area contributed by atoms with E-state index >= 15 is 0 Å². The van der Waals surface area contributed by atoms with Gasteiger partial charge in [-0.1, -0.05) is 6.92 Å². The van der Waals surface area contributed by atoms with Crippen LogP contribution in [0.2, 0.25) is 0 Å². The van der Waals surface area contributed by atoms with Crippen LogP contribution in [0.15, 0.2) is 0 Å². The minimum atomic E-state index is -0.323. The van der Waals surface area contributed by atoms with E-state index in [0.717, 1.165) is 13.1 Å². The predicted octanol–water partition coefficient (Wildman–Crippen LogP) is 0.833. The molecule has 0 saturated carbocycles. The van der Waals surface area contributed by atoms with Crippen molar-refractivity contribution < 1.29 is 4.79 Å². The zero-order valence-electron chi connectivity index (χ0n) is 11.7. The molecule has 0 aromatic heterocycles. The van der Waals surface area contributed by atoms with Crippen LogP contribution in [0.25, 0.3) is 0 Å². The third kappa shape index (κ3) is 4.28. The number of likely N-dealkylation sites (tertiary alicyclic amines) is 1. The third-order valence-corrected chi connectivity index (χ3v) is 3.71. The highest BCUT2D eigenvalue weighted by molar-refractivity contribution is 5.81. The van der Waals surface area contributed by atoms with Crippen LogP contribution in [0.5, 0.6) is 0 Å². The molecule has 2 N–H and O–H groups in total. The molecule has 1 aliphatic heterocycles. The van der Waals surface area contributed by atoms with Crippen LogP contribution < -0.4 is 10.6 Å². The third-order valence-electron chi connectivity index (χ3n) is 3.71. The molecule has 17 heavy (non-hydrogen) atoms. The number of hydrogen-bond donors (Lipinski definition) is 2. The van der Waals surface area contributed by atoms with Crippen LogP contribution in [0.1, 0.15) is 33.6 Å². The fraction of sp³-hybridized carbons (Fsp3) is 0.923. The van der Waals surface area contributed by atoms with Crippen LogP contribution in [0.4, 0.5) is 0 Å². The molecule has 1 fully saturated rings. The van der Waals surface area contributed by atoms with Gasteiger partial charge >= 0.3 is 0 Å². The Labute approximate surface area is 105 Å². The molecule has 1 aliphatic rings. The molecule has 1 rings (SSSR count). The fourth-order valence-electron chi connectivity index (χ4n) is 2.27. The first-order chi connectivity index (χ1) is 7.99. The number of hydrogen-bond acceptors (Lipinski definition) is 3. The van der Waals surface area contributed by atoms with Gasteiger partial charge in [0, 0.05) is 19.6 Å². The van der Waals surface area contributed by atoms with E-state index in [4.69, 9.17) is 0 Å². The smallest absolute Gasteiger partial charge is 0.226 e. The minimum absolute atomic E-state index is 0.107. The van der Waals surface area contributed by atoms with Crippen LogP contribution >= 0.6 is 0 Å². The van der Waals surface area contributed by atoms with E-state index in [1.54, 1.807) is 7.05 Å². The summed E-state index contributed by atoms with van der Waals surface area (Å²) in [4.78, 5) is 14.1. The first-order valence-corrected chi connectivity index (χ1v) is 6.67. The zero-order valence-corrected chi connectivity index (χ0v) is 11.7. The second kappa shape index (κ2) is 6.36. The lowest BCUT2D eigenvalue weighted by atomic mass is 9.91. The number of rotatable bonds is 5. The zero-order chi connectivity index (χ0) is 12.9. The Morgan fingerprint density at radius 3 is 2.41 bits per heavy atom. The molecular formula is C13H27N3O. The lowest BCUT2D eigenvalue weighted by Crippen LogP contribution is -2.48. The second-order valence-electron chi connectivity index (χ2n) is 5.55. The van der Waals surface area contributed by atoms with Gasteiger partial charge in [-0.2, -0.15) is 0 Å². The number of amides is 1. The largest absolute Gasteiger partial charge is 0.359 e. The minimum Gasteiger partial charge on any atom is -0.359 e. The fourth-order valence-corrected chi connectivity index (χ4v) is 2.27. The Hall–Kier alpha value is -0.610. The molecule has 100 valence electrons. The molecule has 0 aliphatic carbocycles. The van der Waals surface area contributed by atoms with E-state index in [1.165, 1.54) is 25.9 Å². The van der Waals surface area contributed by atoms with Crippen LogP contribution in [0.3, 0.4) is 0 Å². The second-order valence-corrected chi connectivity index (χ2v) is 5.55. The van der Waals surface area contributed by atoms with Gasteiger partial charge in [-0.05, 0) is 46.3 Å². The van der Waals surface area contributed by atoms with Gasteiger partial charge in [0.2, 0.25) is 5.91 Å². The van der Waals surface area contributed by atoms with Crippen molar-refractivity contribution in [2.75, 3.05) is 33.2 Å². The van der Waals surface area contributed by atoms with Gasteiger partial charge in [0.05, 0.1) is 5.41 Å². The van der Waals surface area contributed by atoms with Crippen molar-refractivity contribution in [1.29, 1.82) is 0 Å². The maximum atomic E-state index is 11.6. The van der Waals surface area contributed by atoms with Gasteiger partial charge < -0.3 is 15.5 Å². The molecule has 0 radical (unpaired) electrons. The molecule has 0 spiro atoms. The maximum Gasteiger partial charge on any atom is 0.226 e. The molecule has 0 atom stereocenters. The average Bonchev–Trinajstić information content (AvgIpc) is 2.36. The van der Waals surface area contributed by atoms with E-state index in [1.807, 2.05) is 13.8 Å². The molecule has 0 aromatic carbocycles. The van der Waals surface area contributed by atoms with Crippen LogP contribution in [-0.2, 0) is 4.79 Å². The van der Waals surface area contributed by atoms with E-state index in [2.05, 4.69) is 22.5 Å². The topological polar surface area (TPSA) is 44.4 Å². The van der Waals surface area contributed by atoms with Gasteiger partial charge in [-0.25, -0.2) is 0 Å². The molecule has 4 heteroatoms. The van der Waals surface area contributed by atoms with Crippen molar-refractivity contribution in [3.05, 3.63) is 0 Å². The van der Waals surface area contributed by atoms with E-state index in [0.29, 0.717) is 6.04 Å². The summed E-state index contributed by atoms with van der Waals surface area (Å²) in [6.45, 7) is 10.4. The Morgan fingerprint density at radius 1 is 1.35 bits per heavy atom. The summed E-state index contributed by atoms with van der Waals surface area (Å²) in [5, 5.41) is 6.26. The van der Waals surface area contributed by atoms with Gasteiger partial charge in [0.1, 0.15) is 0 Å². The first-order valence-electron chi connectivity index (χ1n) is 6.67. The van der Waals surface area contributed by atoms with Crippen molar-refractivity contribution in [3.63, 3.8) is 0 Å². The number of nitrogens with one attached hydrogen (secondary N) is 2. The van der Waals surface area contributed by atoms with Gasteiger partial charge in [-0.15, -0.1) is 0 Å². The summed E-state index contributed by atoms with van der Waals surface area (Å²) < 4.78 is 0. The molecule has 1 saturated heterocycles. The van der Waals surface area contributed by atoms with Gasteiger partial charge in [0.25, 0.3) is 0 Å². The van der Waals surface area contributed by atoms with Crippen LogP contribution in [0, 0.1) is 5.41 Å².